The van der Waals surface area contributed by atoms with Crippen LogP contribution in [0.15, 0.2) is 3.79 Å². The minimum Gasteiger partial charge on any atom is -0.478 e. The third-order valence-electron chi connectivity index (χ3n) is 2.67. The minimum absolute atomic E-state index is 0.440. The number of hydrogen-bond acceptors (Lipinski definition) is 2. The number of aryl methyl sites for hydroxylation is 1. The molecule has 0 fully saturated rings. The lowest BCUT2D eigenvalue weighted by atomic mass is 10.1. The predicted molar refractivity (Wildman–Crippen MR) is 71.6 cm³/mol. The molecule has 0 atom stereocenters. The van der Waals surface area contributed by atoms with Crippen LogP contribution in [0.5, 0.6) is 0 Å². The maximum Gasteiger partial charge on any atom is 0.337 e. The lowest BCUT2D eigenvalue weighted by Crippen LogP contribution is -1.98. The molecule has 0 spiro atoms. The van der Waals surface area contributed by atoms with Gasteiger partial charge in [-0.3, -0.25) is 0 Å². The molecule has 0 bridgehead atoms. The lowest BCUT2D eigenvalue weighted by molar-refractivity contribution is 0.0696. The number of carbonyl (C=O) groups is 1. The van der Waals surface area contributed by atoms with E-state index in [0.717, 1.165) is 22.2 Å². The lowest BCUT2D eigenvalue weighted by Gasteiger charge is -2.00. The van der Waals surface area contributed by atoms with E-state index in [0.29, 0.717) is 5.56 Å². The zero-order chi connectivity index (χ0) is 12.1. The first-order valence-electron chi connectivity index (χ1n) is 5.59. The molecule has 0 aliphatic rings. The van der Waals surface area contributed by atoms with Crippen molar-refractivity contribution in [3.05, 3.63) is 19.8 Å². The fourth-order valence-electron chi connectivity index (χ4n) is 1.72. The van der Waals surface area contributed by atoms with E-state index in [2.05, 4.69) is 22.9 Å². The van der Waals surface area contributed by atoms with Crippen LogP contribution in [0.4, 0.5) is 0 Å². The summed E-state index contributed by atoms with van der Waals surface area (Å²) in [5, 5.41) is 9.05. The smallest absolute Gasteiger partial charge is 0.337 e. The number of aromatic carboxylic acids is 1. The first-order valence-corrected chi connectivity index (χ1v) is 7.20. The summed E-state index contributed by atoms with van der Waals surface area (Å²) in [5.74, 6) is -0.833. The summed E-state index contributed by atoms with van der Waals surface area (Å²) in [6.45, 7) is 4.09. The van der Waals surface area contributed by atoms with Crippen LogP contribution in [0.1, 0.15) is 53.4 Å². The Kier molecular flexibility index (Phi) is 5.49. The summed E-state index contributed by atoms with van der Waals surface area (Å²) >= 11 is 4.89. The van der Waals surface area contributed by atoms with Crippen LogP contribution >= 0.6 is 27.3 Å². The number of rotatable bonds is 6. The Morgan fingerprint density at radius 1 is 1.38 bits per heavy atom. The number of carboxylic acid groups (broad SMARTS) is 1. The molecule has 16 heavy (non-hydrogen) atoms. The van der Waals surface area contributed by atoms with Crippen LogP contribution in [-0.2, 0) is 6.42 Å². The first kappa shape index (κ1) is 13.7. The van der Waals surface area contributed by atoms with E-state index < -0.39 is 5.97 Å². The summed E-state index contributed by atoms with van der Waals surface area (Å²) in [6, 6.07) is 0. The van der Waals surface area contributed by atoms with Gasteiger partial charge in [0.2, 0.25) is 0 Å². The van der Waals surface area contributed by atoms with Gasteiger partial charge < -0.3 is 5.11 Å². The standard InChI is InChI=1S/C12H17BrO2S/c1-3-4-5-6-7-9-8(2)10(12(14)15)11(13)16-9/h3-7H2,1-2H3,(H,14,15). The quantitative estimate of drug-likeness (QED) is 0.777. The van der Waals surface area contributed by atoms with Crippen molar-refractivity contribution in [1.82, 2.24) is 0 Å². The monoisotopic (exact) mass is 304 g/mol. The fraction of sp³-hybridized carbons (Fsp3) is 0.583. The molecule has 0 saturated heterocycles. The largest absolute Gasteiger partial charge is 0.478 e. The maximum atomic E-state index is 11.0. The van der Waals surface area contributed by atoms with Gasteiger partial charge in [-0.2, -0.15) is 0 Å². The Labute approximate surface area is 109 Å². The zero-order valence-electron chi connectivity index (χ0n) is 9.68. The van der Waals surface area contributed by atoms with Gasteiger partial charge in [0, 0.05) is 4.88 Å². The normalized spacial score (nSPS) is 10.7. The Morgan fingerprint density at radius 2 is 2.06 bits per heavy atom. The molecule has 0 radical (unpaired) electrons. The van der Waals surface area contributed by atoms with Gasteiger partial charge in [-0.1, -0.05) is 26.2 Å². The molecule has 0 saturated carbocycles. The van der Waals surface area contributed by atoms with E-state index in [9.17, 15) is 4.79 Å². The average Bonchev–Trinajstić information content (AvgIpc) is 2.49. The summed E-state index contributed by atoms with van der Waals surface area (Å²) in [4.78, 5) is 12.2. The van der Waals surface area contributed by atoms with Gasteiger partial charge in [-0.25, -0.2) is 4.79 Å². The highest BCUT2D eigenvalue weighted by molar-refractivity contribution is 9.11. The van der Waals surface area contributed by atoms with E-state index >= 15 is 0 Å². The molecule has 1 aromatic heterocycles. The molecular weight excluding hydrogens is 288 g/mol. The van der Waals surface area contributed by atoms with Crippen LogP contribution in [0.3, 0.4) is 0 Å². The molecule has 2 nitrogen and oxygen atoms in total. The Balaban J connectivity index is 2.67. The van der Waals surface area contributed by atoms with Crippen molar-refractivity contribution in [3.8, 4) is 0 Å². The second-order valence-electron chi connectivity index (χ2n) is 3.91. The van der Waals surface area contributed by atoms with Gasteiger partial charge >= 0.3 is 5.97 Å². The molecule has 1 aromatic rings. The van der Waals surface area contributed by atoms with Crippen molar-refractivity contribution >= 4 is 33.2 Å². The zero-order valence-corrected chi connectivity index (χ0v) is 12.1. The summed E-state index contributed by atoms with van der Waals surface area (Å²) in [7, 11) is 0. The Morgan fingerprint density at radius 3 is 2.56 bits per heavy atom. The first-order chi connectivity index (χ1) is 7.57. The van der Waals surface area contributed by atoms with Crippen molar-refractivity contribution in [1.29, 1.82) is 0 Å². The molecule has 1 rings (SSSR count). The van der Waals surface area contributed by atoms with E-state index in [-0.39, 0.29) is 0 Å². The number of hydrogen-bond donors (Lipinski definition) is 1. The SMILES string of the molecule is CCCCCCc1sc(Br)c(C(=O)O)c1C. The van der Waals surface area contributed by atoms with Crippen LogP contribution in [0.2, 0.25) is 0 Å². The van der Waals surface area contributed by atoms with E-state index in [1.54, 1.807) is 11.3 Å². The molecule has 90 valence electrons. The second kappa shape index (κ2) is 6.40. The van der Waals surface area contributed by atoms with Gasteiger partial charge in [0.05, 0.1) is 9.35 Å². The van der Waals surface area contributed by atoms with E-state index in [1.807, 2.05) is 6.92 Å². The van der Waals surface area contributed by atoms with Gasteiger partial charge in [-0.15, -0.1) is 11.3 Å². The fourth-order valence-corrected chi connectivity index (χ4v) is 3.83. The van der Waals surface area contributed by atoms with Crippen molar-refractivity contribution < 1.29 is 9.90 Å². The Hall–Kier alpha value is -0.350. The molecule has 1 N–H and O–H groups in total. The molecule has 1 heterocycles. The molecule has 0 aliphatic heterocycles. The van der Waals surface area contributed by atoms with E-state index in [4.69, 9.17) is 5.11 Å². The van der Waals surface area contributed by atoms with Crippen LogP contribution < -0.4 is 0 Å². The number of carboxylic acids is 1. The van der Waals surface area contributed by atoms with Crippen molar-refractivity contribution in [2.45, 2.75) is 46.0 Å². The minimum atomic E-state index is -0.833. The van der Waals surface area contributed by atoms with Crippen molar-refractivity contribution in [2.75, 3.05) is 0 Å². The van der Waals surface area contributed by atoms with Gasteiger partial charge in [0.15, 0.2) is 0 Å². The molecule has 0 unspecified atom stereocenters. The third kappa shape index (κ3) is 3.32. The highest BCUT2D eigenvalue weighted by Crippen LogP contribution is 2.33. The molecular formula is C12H17BrO2S. The maximum absolute atomic E-state index is 11.0. The van der Waals surface area contributed by atoms with Gasteiger partial charge in [0.1, 0.15) is 0 Å². The highest BCUT2D eigenvalue weighted by Gasteiger charge is 2.18. The number of thiophene rings is 1. The third-order valence-corrected chi connectivity index (χ3v) is 4.70. The molecule has 4 heteroatoms. The van der Waals surface area contributed by atoms with Crippen molar-refractivity contribution in [3.63, 3.8) is 0 Å². The summed E-state index contributed by atoms with van der Waals surface area (Å²) in [5.41, 5.74) is 1.37. The molecule has 0 aromatic carbocycles. The van der Waals surface area contributed by atoms with Crippen LogP contribution in [0.25, 0.3) is 0 Å². The number of halogens is 1. The molecule has 0 amide bonds. The van der Waals surface area contributed by atoms with Crippen LogP contribution in [0, 0.1) is 6.92 Å². The van der Waals surface area contributed by atoms with E-state index in [1.165, 1.54) is 24.1 Å². The van der Waals surface area contributed by atoms with Gasteiger partial charge in [-0.05, 0) is 41.3 Å². The molecule has 0 aliphatic carbocycles. The van der Waals surface area contributed by atoms with Crippen LogP contribution in [-0.4, -0.2) is 11.1 Å². The Bertz CT molecular complexity index is 371. The average molecular weight is 305 g/mol. The second-order valence-corrected chi connectivity index (χ2v) is 6.34. The van der Waals surface area contributed by atoms with Crippen molar-refractivity contribution in [2.24, 2.45) is 0 Å². The number of unbranched alkanes of at least 4 members (excludes halogenated alkanes) is 3. The predicted octanol–water partition coefficient (Wildman–Crippen LogP) is 4.64. The summed E-state index contributed by atoms with van der Waals surface area (Å²) < 4.78 is 0.753. The summed E-state index contributed by atoms with van der Waals surface area (Å²) in [6.07, 6.45) is 5.88. The highest BCUT2D eigenvalue weighted by atomic mass is 79.9. The van der Waals surface area contributed by atoms with Gasteiger partial charge in [0.25, 0.3) is 0 Å². The topological polar surface area (TPSA) is 37.3 Å².